The molecule has 11 heteroatoms. The number of amides is 2. The number of hydrogen-bond donors (Lipinski definition) is 1. The number of halogens is 2. The first-order valence-corrected chi connectivity index (χ1v) is 15.3. The van der Waals surface area contributed by atoms with Crippen molar-refractivity contribution in [2.75, 3.05) is 24.5 Å². The molecule has 0 aromatic heterocycles. The Balaban J connectivity index is 2.03. The second-order valence-electron chi connectivity index (χ2n) is 10.1. The number of ether oxygens (including phenoxy) is 1. The van der Waals surface area contributed by atoms with Crippen LogP contribution in [0.1, 0.15) is 31.9 Å². The summed E-state index contributed by atoms with van der Waals surface area (Å²) in [6.07, 6.45) is 0. The van der Waals surface area contributed by atoms with Gasteiger partial charge in [-0.2, -0.15) is 0 Å². The molecule has 0 radical (unpaired) electrons. The zero-order valence-corrected chi connectivity index (χ0v) is 26.1. The maximum Gasteiger partial charge on any atom is 0.264 e. The topological polar surface area (TPSA) is 96.0 Å². The second kappa shape index (κ2) is 14.1. The minimum absolute atomic E-state index is 0.0123. The van der Waals surface area contributed by atoms with E-state index in [0.29, 0.717) is 33.6 Å². The Hall–Kier alpha value is -3.27. The van der Waals surface area contributed by atoms with Gasteiger partial charge in [0.25, 0.3) is 10.0 Å². The number of sulfonamides is 1. The van der Waals surface area contributed by atoms with Gasteiger partial charge in [0.15, 0.2) is 0 Å². The van der Waals surface area contributed by atoms with E-state index in [0.717, 1.165) is 9.87 Å². The summed E-state index contributed by atoms with van der Waals surface area (Å²) in [5.41, 5.74) is 1.80. The molecule has 0 aliphatic heterocycles. The maximum absolute atomic E-state index is 14.0. The molecule has 0 spiro atoms. The minimum Gasteiger partial charge on any atom is -0.497 e. The van der Waals surface area contributed by atoms with Crippen LogP contribution in [0.15, 0.2) is 71.6 Å². The molecular weight excluding hydrogens is 585 g/mol. The number of carbonyl (C=O) groups excluding carboxylic acids is 2. The Kier molecular flexibility index (Phi) is 11.1. The number of nitrogens with one attached hydrogen (secondary N) is 1. The summed E-state index contributed by atoms with van der Waals surface area (Å²) < 4.78 is 34.0. The van der Waals surface area contributed by atoms with Crippen molar-refractivity contribution in [3.63, 3.8) is 0 Å². The van der Waals surface area contributed by atoms with E-state index in [4.69, 9.17) is 27.9 Å². The molecular formula is C30H35Cl2N3O5S. The van der Waals surface area contributed by atoms with E-state index in [-0.39, 0.29) is 23.3 Å². The smallest absolute Gasteiger partial charge is 0.264 e. The zero-order chi connectivity index (χ0) is 30.3. The third kappa shape index (κ3) is 8.38. The highest BCUT2D eigenvalue weighted by molar-refractivity contribution is 7.92. The summed E-state index contributed by atoms with van der Waals surface area (Å²) in [6.45, 7) is 7.25. The molecule has 0 aliphatic rings. The summed E-state index contributed by atoms with van der Waals surface area (Å²) in [7, 11) is -2.70. The molecule has 0 saturated heterocycles. The lowest BCUT2D eigenvalue weighted by atomic mass is 10.1. The van der Waals surface area contributed by atoms with Crippen LogP contribution in [0.3, 0.4) is 0 Å². The first-order valence-electron chi connectivity index (χ1n) is 13.1. The molecule has 3 aromatic rings. The third-order valence-electron chi connectivity index (χ3n) is 6.46. The predicted molar refractivity (Wildman–Crippen MR) is 163 cm³/mol. The number of aryl methyl sites for hydroxylation is 1. The highest BCUT2D eigenvalue weighted by Crippen LogP contribution is 2.27. The molecule has 41 heavy (non-hydrogen) atoms. The summed E-state index contributed by atoms with van der Waals surface area (Å²) in [5.74, 6) is -0.250. The van der Waals surface area contributed by atoms with Crippen LogP contribution < -0.4 is 14.4 Å². The van der Waals surface area contributed by atoms with Gasteiger partial charge >= 0.3 is 0 Å². The van der Waals surface area contributed by atoms with Crippen LogP contribution in [0.2, 0.25) is 10.0 Å². The number of benzene rings is 3. The molecule has 3 rings (SSSR count). The van der Waals surface area contributed by atoms with Crippen molar-refractivity contribution in [2.24, 2.45) is 5.92 Å². The lowest BCUT2D eigenvalue weighted by molar-refractivity contribution is -0.139. The van der Waals surface area contributed by atoms with E-state index in [1.165, 1.54) is 36.3 Å². The molecule has 0 heterocycles. The van der Waals surface area contributed by atoms with Crippen LogP contribution in [-0.2, 0) is 26.2 Å². The molecule has 3 aromatic carbocycles. The Morgan fingerprint density at radius 2 is 1.59 bits per heavy atom. The molecule has 1 atom stereocenters. The van der Waals surface area contributed by atoms with E-state index in [1.54, 1.807) is 49.4 Å². The van der Waals surface area contributed by atoms with Crippen molar-refractivity contribution in [3.8, 4) is 5.75 Å². The van der Waals surface area contributed by atoms with E-state index in [2.05, 4.69) is 5.32 Å². The van der Waals surface area contributed by atoms with Crippen LogP contribution >= 0.6 is 23.2 Å². The summed E-state index contributed by atoms with van der Waals surface area (Å²) >= 11 is 12.5. The minimum atomic E-state index is -4.19. The Morgan fingerprint density at radius 3 is 2.15 bits per heavy atom. The van der Waals surface area contributed by atoms with Crippen molar-refractivity contribution in [1.82, 2.24) is 10.2 Å². The largest absolute Gasteiger partial charge is 0.497 e. The molecule has 220 valence electrons. The fraction of sp³-hybridized carbons (Fsp3) is 0.333. The molecule has 0 aliphatic carbocycles. The number of anilines is 1. The van der Waals surface area contributed by atoms with Gasteiger partial charge in [0.1, 0.15) is 18.3 Å². The van der Waals surface area contributed by atoms with Crippen LogP contribution in [-0.4, -0.2) is 51.4 Å². The van der Waals surface area contributed by atoms with E-state index < -0.39 is 28.5 Å². The lowest BCUT2D eigenvalue weighted by Crippen LogP contribution is -2.51. The van der Waals surface area contributed by atoms with Gasteiger partial charge < -0.3 is 15.0 Å². The van der Waals surface area contributed by atoms with Crippen LogP contribution in [0.25, 0.3) is 0 Å². The lowest BCUT2D eigenvalue weighted by Gasteiger charge is -2.32. The van der Waals surface area contributed by atoms with Crippen LogP contribution in [0.5, 0.6) is 5.75 Å². The normalized spacial score (nSPS) is 12.1. The fourth-order valence-corrected chi connectivity index (χ4v) is 5.87. The summed E-state index contributed by atoms with van der Waals surface area (Å²) in [4.78, 5) is 28.4. The third-order valence-corrected chi connectivity index (χ3v) is 8.83. The van der Waals surface area contributed by atoms with Gasteiger partial charge in [-0.25, -0.2) is 8.42 Å². The van der Waals surface area contributed by atoms with Crippen LogP contribution in [0.4, 0.5) is 5.69 Å². The Bertz CT molecular complexity index is 1460. The zero-order valence-electron chi connectivity index (χ0n) is 23.7. The van der Waals surface area contributed by atoms with Crippen LogP contribution in [0, 0.1) is 12.8 Å². The fourth-order valence-electron chi connectivity index (χ4n) is 3.98. The predicted octanol–water partition coefficient (Wildman–Crippen LogP) is 5.70. The van der Waals surface area contributed by atoms with Crippen molar-refractivity contribution in [1.29, 1.82) is 0 Å². The van der Waals surface area contributed by atoms with Crippen molar-refractivity contribution in [3.05, 3.63) is 87.9 Å². The molecule has 0 fully saturated rings. The van der Waals surface area contributed by atoms with Gasteiger partial charge in [0, 0.05) is 23.1 Å². The number of rotatable bonds is 12. The maximum atomic E-state index is 14.0. The van der Waals surface area contributed by atoms with Gasteiger partial charge in [0.2, 0.25) is 11.8 Å². The SMILES string of the molecule is COc1ccc(S(=O)(=O)N(CC(=O)N(Cc2ccc(Cl)cc2Cl)[C@@H](C)C(=O)NCC(C)C)c2ccc(C)cc2)cc1. The average Bonchev–Trinajstić information content (AvgIpc) is 2.94. The summed E-state index contributed by atoms with van der Waals surface area (Å²) in [6, 6.07) is 16.7. The van der Waals surface area contributed by atoms with Gasteiger partial charge in [-0.05, 0) is 73.9 Å². The molecule has 2 amide bonds. The van der Waals surface area contributed by atoms with Crippen molar-refractivity contribution >= 4 is 50.7 Å². The summed E-state index contributed by atoms with van der Waals surface area (Å²) in [5, 5.41) is 3.61. The first-order chi connectivity index (χ1) is 19.3. The second-order valence-corrected chi connectivity index (χ2v) is 12.8. The number of nitrogens with zero attached hydrogens (tertiary/aromatic N) is 2. The number of methoxy groups -OCH3 is 1. The van der Waals surface area contributed by atoms with Crippen molar-refractivity contribution in [2.45, 2.75) is 45.2 Å². The molecule has 8 nitrogen and oxygen atoms in total. The van der Waals surface area contributed by atoms with Gasteiger partial charge in [-0.1, -0.05) is 60.8 Å². The Labute approximate surface area is 252 Å². The highest BCUT2D eigenvalue weighted by atomic mass is 35.5. The Morgan fingerprint density at radius 1 is 0.951 bits per heavy atom. The molecule has 0 saturated carbocycles. The molecule has 0 unspecified atom stereocenters. The molecule has 0 bridgehead atoms. The standard InChI is InChI=1S/C30H35Cl2N3O5S/c1-20(2)17-33-30(37)22(4)34(18-23-8-9-24(31)16-28(23)32)29(36)19-35(25-10-6-21(3)7-11-25)41(38,39)27-14-12-26(40-5)13-15-27/h6-16,20,22H,17-19H2,1-5H3,(H,33,37)/t22-/m0/s1. The number of hydrogen-bond acceptors (Lipinski definition) is 5. The van der Waals surface area contributed by atoms with Gasteiger partial charge in [-0.3, -0.25) is 13.9 Å². The van der Waals surface area contributed by atoms with E-state index in [9.17, 15) is 18.0 Å². The quantitative estimate of drug-likeness (QED) is 0.281. The highest BCUT2D eigenvalue weighted by Gasteiger charge is 2.33. The van der Waals surface area contributed by atoms with Crippen molar-refractivity contribution < 1.29 is 22.7 Å². The molecule has 1 N–H and O–H groups in total. The number of carbonyl (C=O) groups is 2. The van der Waals surface area contributed by atoms with Gasteiger partial charge in [0.05, 0.1) is 17.7 Å². The monoisotopic (exact) mass is 619 g/mol. The van der Waals surface area contributed by atoms with Gasteiger partial charge in [-0.15, -0.1) is 0 Å². The average molecular weight is 621 g/mol. The van der Waals surface area contributed by atoms with E-state index in [1.807, 2.05) is 20.8 Å². The van der Waals surface area contributed by atoms with E-state index >= 15 is 0 Å². The first kappa shape index (κ1) is 32.2.